The van der Waals surface area contributed by atoms with Crippen molar-refractivity contribution >= 4 is 0 Å². The molecule has 0 aromatic carbocycles. The average Bonchev–Trinajstić information content (AvgIpc) is 2.85. The van der Waals surface area contributed by atoms with E-state index in [1.165, 1.54) is 45.2 Å². The molecule has 0 aromatic rings. The predicted octanol–water partition coefficient (Wildman–Crippen LogP) is 1.52. The van der Waals surface area contributed by atoms with Gasteiger partial charge in [-0.15, -0.1) is 0 Å². The fraction of sp³-hybridized carbons (Fsp3) is 1.00. The Balaban J connectivity index is 1.62. The van der Waals surface area contributed by atoms with Crippen LogP contribution in [0.1, 0.15) is 39.0 Å². The second-order valence-electron chi connectivity index (χ2n) is 4.73. The van der Waals surface area contributed by atoms with Gasteiger partial charge in [0.1, 0.15) is 0 Å². The molecular weight excluding hydrogens is 160 g/mol. The van der Waals surface area contributed by atoms with Gasteiger partial charge in [0.15, 0.2) is 0 Å². The molecule has 2 fully saturated rings. The average molecular weight is 182 g/mol. The highest BCUT2D eigenvalue weighted by Crippen LogP contribution is 2.28. The highest BCUT2D eigenvalue weighted by Gasteiger charge is 2.32. The van der Waals surface area contributed by atoms with E-state index in [9.17, 15) is 0 Å². The van der Waals surface area contributed by atoms with Crippen LogP contribution in [-0.2, 0) is 0 Å². The molecule has 1 heterocycles. The minimum Gasteiger partial charge on any atom is -0.313 e. The van der Waals surface area contributed by atoms with Crippen LogP contribution in [-0.4, -0.2) is 25.2 Å². The third-order valence-corrected chi connectivity index (χ3v) is 3.40. The minimum atomic E-state index is 0.746. The van der Waals surface area contributed by atoms with Crippen LogP contribution in [0.4, 0.5) is 0 Å². The fourth-order valence-electron chi connectivity index (χ4n) is 2.18. The Bertz CT molecular complexity index is 150. The SMILES string of the molecule is CC1CC1NCC1CCCCCN1. The molecule has 0 amide bonds. The van der Waals surface area contributed by atoms with Crippen LogP contribution in [0.3, 0.4) is 0 Å². The zero-order chi connectivity index (χ0) is 9.10. The maximum atomic E-state index is 3.64. The van der Waals surface area contributed by atoms with Gasteiger partial charge in [-0.3, -0.25) is 0 Å². The van der Waals surface area contributed by atoms with Crippen molar-refractivity contribution in [3.63, 3.8) is 0 Å². The van der Waals surface area contributed by atoms with Crippen molar-refractivity contribution in [2.45, 2.75) is 51.1 Å². The third kappa shape index (κ3) is 2.96. The molecule has 0 spiro atoms. The molecule has 2 heteroatoms. The largest absolute Gasteiger partial charge is 0.313 e. The summed E-state index contributed by atoms with van der Waals surface area (Å²) < 4.78 is 0. The van der Waals surface area contributed by atoms with Crippen LogP contribution in [0.15, 0.2) is 0 Å². The molecule has 2 rings (SSSR count). The smallest absolute Gasteiger partial charge is 0.0192 e. The van der Waals surface area contributed by atoms with Gasteiger partial charge in [0.2, 0.25) is 0 Å². The molecule has 1 aliphatic carbocycles. The summed E-state index contributed by atoms with van der Waals surface area (Å²) in [6.07, 6.45) is 6.97. The molecule has 0 bridgehead atoms. The summed E-state index contributed by atoms with van der Waals surface area (Å²) in [4.78, 5) is 0. The maximum absolute atomic E-state index is 3.64. The molecule has 2 nitrogen and oxygen atoms in total. The van der Waals surface area contributed by atoms with Gasteiger partial charge in [-0.05, 0) is 31.7 Å². The molecular formula is C11H22N2. The van der Waals surface area contributed by atoms with E-state index < -0.39 is 0 Å². The van der Waals surface area contributed by atoms with Crippen molar-refractivity contribution in [2.75, 3.05) is 13.1 Å². The first kappa shape index (κ1) is 9.47. The van der Waals surface area contributed by atoms with E-state index in [2.05, 4.69) is 17.6 Å². The second kappa shape index (κ2) is 4.43. The number of nitrogens with one attached hydrogen (secondary N) is 2. The normalized spacial score (nSPS) is 39.9. The summed E-state index contributed by atoms with van der Waals surface area (Å²) in [6.45, 7) is 4.75. The lowest BCUT2D eigenvalue weighted by Gasteiger charge is -2.16. The van der Waals surface area contributed by atoms with Gasteiger partial charge in [-0.2, -0.15) is 0 Å². The van der Waals surface area contributed by atoms with E-state index >= 15 is 0 Å². The molecule has 2 aliphatic rings. The van der Waals surface area contributed by atoms with Crippen molar-refractivity contribution in [3.05, 3.63) is 0 Å². The quantitative estimate of drug-likeness (QED) is 0.691. The summed E-state index contributed by atoms with van der Waals surface area (Å²) in [5, 5.41) is 7.26. The lowest BCUT2D eigenvalue weighted by molar-refractivity contribution is 0.464. The van der Waals surface area contributed by atoms with E-state index in [1.807, 2.05) is 0 Å². The van der Waals surface area contributed by atoms with Gasteiger partial charge < -0.3 is 10.6 Å². The van der Waals surface area contributed by atoms with Crippen LogP contribution in [0.25, 0.3) is 0 Å². The molecule has 1 saturated carbocycles. The number of hydrogen-bond acceptors (Lipinski definition) is 2. The van der Waals surface area contributed by atoms with Crippen molar-refractivity contribution in [1.29, 1.82) is 0 Å². The van der Waals surface area contributed by atoms with Crippen LogP contribution in [0, 0.1) is 5.92 Å². The summed E-state index contributed by atoms with van der Waals surface area (Å²) in [5.74, 6) is 0.936. The minimum absolute atomic E-state index is 0.746. The molecule has 3 unspecified atom stereocenters. The zero-order valence-corrected chi connectivity index (χ0v) is 8.68. The van der Waals surface area contributed by atoms with Crippen molar-refractivity contribution in [1.82, 2.24) is 10.6 Å². The van der Waals surface area contributed by atoms with E-state index in [-0.39, 0.29) is 0 Å². The Labute approximate surface area is 81.5 Å². The van der Waals surface area contributed by atoms with Crippen molar-refractivity contribution in [2.24, 2.45) is 5.92 Å². The highest BCUT2D eigenvalue weighted by molar-refractivity contribution is 4.90. The zero-order valence-electron chi connectivity index (χ0n) is 8.68. The molecule has 76 valence electrons. The lowest BCUT2D eigenvalue weighted by Crippen LogP contribution is -2.39. The molecule has 1 saturated heterocycles. The van der Waals surface area contributed by atoms with Gasteiger partial charge >= 0.3 is 0 Å². The van der Waals surface area contributed by atoms with Crippen molar-refractivity contribution in [3.8, 4) is 0 Å². The molecule has 0 radical (unpaired) electrons. The van der Waals surface area contributed by atoms with E-state index in [0.717, 1.165) is 18.0 Å². The Morgan fingerprint density at radius 3 is 2.92 bits per heavy atom. The van der Waals surface area contributed by atoms with E-state index in [0.29, 0.717) is 0 Å². The predicted molar refractivity (Wildman–Crippen MR) is 55.8 cm³/mol. The Hall–Kier alpha value is -0.0800. The van der Waals surface area contributed by atoms with Crippen molar-refractivity contribution < 1.29 is 0 Å². The third-order valence-electron chi connectivity index (χ3n) is 3.40. The first-order valence-corrected chi connectivity index (χ1v) is 5.83. The second-order valence-corrected chi connectivity index (χ2v) is 4.73. The highest BCUT2D eigenvalue weighted by atomic mass is 15.0. The summed E-state index contributed by atoms with van der Waals surface area (Å²) >= 11 is 0. The monoisotopic (exact) mass is 182 g/mol. The van der Waals surface area contributed by atoms with Gasteiger partial charge in [-0.1, -0.05) is 19.8 Å². The molecule has 13 heavy (non-hydrogen) atoms. The standard InChI is InChI=1S/C11H22N2/c1-9-7-11(9)13-8-10-5-3-2-4-6-12-10/h9-13H,2-8H2,1H3. The maximum Gasteiger partial charge on any atom is 0.0192 e. The van der Waals surface area contributed by atoms with Crippen LogP contribution >= 0.6 is 0 Å². The Morgan fingerprint density at radius 1 is 1.31 bits per heavy atom. The summed E-state index contributed by atoms with van der Waals surface area (Å²) in [6, 6.07) is 1.58. The number of rotatable bonds is 3. The van der Waals surface area contributed by atoms with Gasteiger partial charge in [0, 0.05) is 18.6 Å². The molecule has 0 aromatic heterocycles. The van der Waals surface area contributed by atoms with Gasteiger partial charge in [-0.25, -0.2) is 0 Å². The van der Waals surface area contributed by atoms with Crippen LogP contribution in [0.2, 0.25) is 0 Å². The molecule has 3 atom stereocenters. The Kier molecular flexibility index (Phi) is 3.23. The topological polar surface area (TPSA) is 24.1 Å². The number of hydrogen-bond donors (Lipinski definition) is 2. The molecule has 2 N–H and O–H groups in total. The first-order valence-electron chi connectivity index (χ1n) is 5.83. The fourth-order valence-corrected chi connectivity index (χ4v) is 2.18. The summed E-state index contributed by atoms with van der Waals surface area (Å²) in [7, 11) is 0. The van der Waals surface area contributed by atoms with E-state index in [1.54, 1.807) is 0 Å². The van der Waals surface area contributed by atoms with Gasteiger partial charge in [0.05, 0.1) is 0 Å². The van der Waals surface area contributed by atoms with E-state index in [4.69, 9.17) is 0 Å². The van der Waals surface area contributed by atoms with Crippen LogP contribution < -0.4 is 10.6 Å². The Morgan fingerprint density at radius 2 is 2.15 bits per heavy atom. The molecule has 1 aliphatic heterocycles. The lowest BCUT2D eigenvalue weighted by atomic mass is 10.1. The van der Waals surface area contributed by atoms with Crippen LogP contribution in [0.5, 0.6) is 0 Å². The first-order chi connectivity index (χ1) is 6.36. The summed E-state index contributed by atoms with van der Waals surface area (Å²) in [5.41, 5.74) is 0. The van der Waals surface area contributed by atoms with Gasteiger partial charge in [0.25, 0.3) is 0 Å².